The van der Waals surface area contributed by atoms with Gasteiger partial charge in [0, 0.05) is 25.5 Å². The van der Waals surface area contributed by atoms with E-state index in [-0.39, 0.29) is 6.10 Å². The van der Waals surface area contributed by atoms with Crippen LogP contribution in [0.3, 0.4) is 0 Å². The van der Waals surface area contributed by atoms with Crippen molar-refractivity contribution in [1.82, 2.24) is 15.5 Å². The average Bonchev–Trinajstić information content (AvgIpc) is 2.87. The Bertz CT molecular complexity index is 359. The minimum absolute atomic E-state index is 0.135. The van der Waals surface area contributed by atoms with Gasteiger partial charge >= 0.3 is 0 Å². The zero-order valence-corrected chi connectivity index (χ0v) is 11.5. The molecule has 1 heterocycles. The lowest BCUT2D eigenvalue weighted by Crippen LogP contribution is -2.29. The first-order valence-corrected chi connectivity index (χ1v) is 6.75. The van der Waals surface area contributed by atoms with Crippen LogP contribution in [0.4, 0.5) is 0 Å². The van der Waals surface area contributed by atoms with E-state index in [4.69, 9.17) is 9.26 Å². The highest BCUT2D eigenvalue weighted by molar-refractivity contribution is 4.97. The van der Waals surface area contributed by atoms with E-state index in [0.717, 1.165) is 24.6 Å². The van der Waals surface area contributed by atoms with E-state index in [0.29, 0.717) is 18.4 Å². The minimum atomic E-state index is 0.135. The standard InChI is InChI=1S/C13H23N3O2/c1-9(17-3)8-12-15-13(18-16-12)10-4-6-11(14-2)7-5-10/h9-11,14H,4-8H2,1-3H3. The summed E-state index contributed by atoms with van der Waals surface area (Å²) in [6, 6.07) is 0.650. The molecule has 0 aliphatic heterocycles. The molecule has 1 saturated carbocycles. The lowest BCUT2D eigenvalue weighted by molar-refractivity contribution is 0.116. The predicted molar refractivity (Wildman–Crippen MR) is 68.5 cm³/mol. The smallest absolute Gasteiger partial charge is 0.229 e. The number of aromatic nitrogens is 2. The fraction of sp³-hybridized carbons (Fsp3) is 0.846. The number of hydrogen-bond acceptors (Lipinski definition) is 5. The maximum atomic E-state index is 5.38. The summed E-state index contributed by atoms with van der Waals surface area (Å²) >= 11 is 0. The molecule has 0 amide bonds. The molecule has 0 radical (unpaired) electrons. The van der Waals surface area contributed by atoms with Crippen molar-refractivity contribution in [2.75, 3.05) is 14.2 Å². The van der Waals surface area contributed by atoms with E-state index in [1.165, 1.54) is 12.8 Å². The van der Waals surface area contributed by atoms with Gasteiger partial charge in [-0.25, -0.2) is 0 Å². The van der Waals surface area contributed by atoms with Crippen LogP contribution < -0.4 is 5.32 Å². The van der Waals surface area contributed by atoms with E-state index >= 15 is 0 Å². The van der Waals surface area contributed by atoms with Gasteiger partial charge in [0.15, 0.2) is 5.82 Å². The van der Waals surface area contributed by atoms with Gasteiger partial charge in [0.2, 0.25) is 5.89 Å². The van der Waals surface area contributed by atoms with Crippen LogP contribution >= 0.6 is 0 Å². The van der Waals surface area contributed by atoms with Crippen molar-refractivity contribution >= 4 is 0 Å². The molecule has 1 aliphatic rings. The van der Waals surface area contributed by atoms with Gasteiger partial charge in [-0.05, 0) is 39.7 Å². The summed E-state index contributed by atoms with van der Waals surface area (Å²) in [5.41, 5.74) is 0. The second-order valence-electron chi connectivity index (χ2n) is 5.14. The second-order valence-corrected chi connectivity index (χ2v) is 5.14. The molecule has 1 unspecified atom stereocenters. The topological polar surface area (TPSA) is 60.2 Å². The maximum Gasteiger partial charge on any atom is 0.229 e. The van der Waals surface area contributed by atoms with Gasteiger partial charge in [0.1, 0.15) is 0 Å². The fourth-order valence-electron chi connectivity index (χ4n) is 2.49. The van der Waals surface area contributed by atoms with E-state index in [2.05, 4.69) is 15.5 Å². The molecule has 1 aromatic heterocycles. The van der Waals surface area contributed by atoms with Gasteiger partial charge < -0.3 is 14.6 Å². The Morgan fingerprint density at radius 2 is 2.11 bits per heavy atom. The molecule has 1 N–H and O–H groups in total. The molecule has 1 fully saturated rings. The Kier molecular flexibility index (Phi) is 4.72. The highest BCUT2D eigenvalue weighted by atomic mass is 16.5. The molecule has 18 heavy (non-hydrogen) atoms. The van der Waals surface area contributed by atoms with Crippen molar-refractivity contribution in [3.63, 3.8) is 0 Å². The van der Waals surface area contributed by atoms with Gasteiger partial charge in [-0.3, -0.25) is 0 Å². The van der Waals surface area contributed by atoms with E-state index in [1.54, 1.807) is 7.11 Å². The Hall–Kier alpha value is -0.940. The number of hydrogen-bond donors (Lipinski definition) is 1. The molecule has 0 saturated heterocycles. The number of nitrogens with one attached hydrogen (secondary N) is 1. The summed E-state index contributed by atoms with van der Waals surface area (Å²) in [5.74, 6) is 2.01. The summed E-state index contributed by atoms with van der Waals surface area (Å²) in [7, 11) is 3.73. The van der Waals surface area contributed by atoms with Gasteiger partial charge in [-0.15, -0.1) is 0 Å². The molecular weight excluding hydrogens is 230 g/mol. The third-order valence-corrected chi connectivity index (χ3v) is 3.84. The average molecular weight is 253 g/mol. The van der Waals surface area contributed by atoms with Crippen LogP contribution in [0.25, 0.3) is 0 Å². The van der Waals surface area contributed by atoms with Gasteiger partial charge in [0.25, 0.3) is 0 Å². The second kappa shape index (κ2) is 6.29. The Labute approximate surface area is 108 Å². The summed E-state index contributed by atoms with van der Waals surface area (Å²) in [4.78, 5) is 4.49. The first kappa shape index (κ1) is 13.5. The third kappa shape index (κ3) is 3.29. The molecule has 5 heteroatoms. The lowest BCUT2D eigenvalue weighted by Gasteiger charge is -2.25. The molecule has 0 spiro atoms. The molecular formula is C13H23N3O2. The summed E-state index contributed by atoms with van der Waals surface area (Å²) < 4.78 is 10.6. The molecule has 1 aromatic rings. The molecule has 0 bridgehead atoms. The first-order valence-electron chi connectivity index (χ1n) is 6.75. The molecule has 1 atom stereocenters. The Balaban J connectivity index is 1.90. The summed E-state index contributed by atoms with van der Waals surface area (Å²) in [6.45, 7) is 2.01. The number of ether oxygens (including phenoxy) is 1. The number of rotatable bonds is 5. The SMILES string of the molecule is CNC1CCC(c2nc(CC(C)OC)no2)CC1. The van der Waals surface area contributed by atoms with E-state index in [1.807, 2.05) is 14.0 Å². The zero-order valence-electron chi connectivity index (χ0n) is 11.5. The fourth-order valence-corrected chi connectivity index (χ4v) is 2.49. The Morgan fingerprint density at radius 3 is 2.72 bits per heavy atom. The highest BCUT2D eigenvalue weighted by Gasteiger charge is 2.25. The molecule has 5 nitrogen and oxygen atoms in total. The highest BCUT2D eigenvalue weighted by Crippen LogP contribution is 2.31. The third-order valence-electron chi connectivity index (χ3n) is 3.84. The van der Waals surface area contributed by atoms with Crippen LogP contribution in [0, 0.1) is 0 Å². The van der Waals surface area contributed by atoms with Gasteiger partial charge in [-0.2, -0.15) is 4.98 Å². The molecule has 2 rings (SSSR count). The van der Waals surface area contributed by atoms with Crippen LogP contribution in [0.15, 0.2) is 4.52 Å². The lowest BCUT2D eigenvalue weighted by atomic mass is 9.86. The van der Waals surface area contributed by atoms with Crippen molar-refractivity contribution in [3.8, 4) is 0 Å². The molecule has 102 valence electrons. The first-order chi connectivity index (χ1) is 8.72. The van der Waals surface area contributed by atoms with Crippen molar-refractivity contribution in [3.05, 3.63) is 11.7 Å². The quantitative estimate of drug-likeness (QED) is 0.868. The zero-order chi connectivity index (χ0) is 13.0. The largest absolute Gasteiger partial charge is 0.381 e. The van der Waals surface area contributed by atoms with E-state index in [9.17, 15) is 0 Å². The monoisotopic (exact) mass is 253 g/mol. The van der Waals surface area contributed by atoms with Gasteiger partial charge in [0.05, 0.1) is 6.10 Å². The van der Waals surface area contributed by atoms with Gasteiger partial charge in [-0.1, -0.05) is 5.16 Å². The minimum Gasteiger partial charge on any atom is -0.381 e. The summed E-state index contributed by atoms with van der Waals surface area (Å²) in [5, 5.41) is 7.37. The number of methoxy groups -OCH3 is 1. The van der Waals surface area contributed by atoms with Crippen molar-refractivity contribution < 1.29 is 9.26 Å². The van der Waals surface area contributed by atoms with Crippen molar-refractivity contribution in [2.24, 2.45) is 0 Å². The summed E-state index contributed by atoms with van der Waals surface area (Å²) in [6.07, 6.45) is 5.49. The Morgan fingerprint density at radius 1 is 1.39 bits per heavy atom. The van der Waals surface area contributed by atoms with Crippen LogP contribution in [0.5, 0.6) is 0 Å². The van der Waals surface area contributed by atoms with Crippen LogP contribution in [-0.2, 0) is 11.2 Å². The van der Waals surface area contributed by atoms with Crippen molar-refractivity contribution in [1.29, 1.82) is 0 Å². The maximum absolute atomic E-state index is 5.38. The van der Waals surface area contributed by atoms with Crippen LogP contribution in [0.2, 0.25) is 0 Å². The van der Waals surface area contributed by atoms with Crippen LogP contribution in [-0.4, -0.2) is 36.4 Å². The van der Waals surface area contributed by atoms with Crippen molar-refractivity contribution in [2.45, 2.75) is 57.1 Å². The predicted octanol–water partition coefficient (Wildman–Crippen LogP) is 1.89. The molecule has 0 aromatic carbocycles. The molecule has 1 aliphatic carbocycles. The number of nitrogens with zero attached hydrogens (tertiary/aromatic N) is 2. The normalized spacial score (nSPS) is 26.2. The van der Waals surface area contributed by atoms with Crippen LogP contribution in [0.1, 0.15) is 50.2 Å². The van der Waals surface area contributed by atoms with E-state index < -0.39 is 0 Å².